The molecular formula is C15H27N3O. The Bertz CT molecular complexity index is 346. The lowest BCUT2D eigenvalue weighted by Gasteiger charge is -2.47. The Balaban J connectivity index is 1.66. The molecule has 3 aliphatic rings. The van der Waals surface area contributed by atoms with Gasteiger partial charge in [0.15, 0.2) is 0 Å². The van der Waals surface area contributed by atoms with Crippen LogP contribution in [0.2, 0.25) is 0 Å². The minimum Gasteiger partial charge on any atom is -0.337 e. The second kappa shape index (κ2) is 5.41. The number of fused-ring (bicyclic) bond motifs is 1. The Morgan fingerprint density at radius 3 is 2.89 bits per heavy atom. The molecular weight excluding hydrogens is 238 g/mol. The van der Waals surface area contributed by atoms with Crippen molar-refractivity contribution in [1.29, 1.82) is 0 Å². The normalized spacial score (nSPS) is 40.5. The molecule has 0 aromatic carbocycles. The van der Waals surface area contributed by atoms with Crippen molar-refractivity contribution < 1.29 is 4.79 Å². The van der Waals surface area contributed by atoms with Crippen LogP contribution in [-0.4, -0.2) is 54.0 Å². The molecule has 3 fully saturated rings. The van der Waals surface area contributed by atoms with Crippen molar-refractivity contribution >= 4 is 5.91 Å². The molecule has 3 rings (SSSR count). The van der Waals surface area contributed by atoms with Crippen LogP contribution >= 0.6 is 0 Å². The number of hydrogen-bond donors (Lipinski definition) is 1. The number of carbonyl (C=O) groups is 1. The first-order valence-electron chi connectivity index (χ1n) is 7.92. The summed E-state index contributed by atoms with van der Waals surface area (Å²) in [7, 11) is 0. The summed E-state index contributed by atoms with van der Waals surface area (Å²) in [6.45, 7) is 6.26. The van der Waals surface area contributed by atoms with Crippen LogP contribution in [0.3, 0.4) is 0 Å². The van der Waals surface area contributed by atoms with E-state index >= 15 is 0 Å². The van der Waals surface area contributed by atoms with Crippen LogP contribution in [0, 0.1) is 11.8 Å². The zero-order valence-electron chi connectivity index (χ0n) is 12.1. The van der Waals surface area contributed by atoms with Crippen LogP contribution < -0.4 is 5.73 Å². The topological polar surface area (TPSA) is 49.6 Å². The number of nitrogens with zero attached hydrogens (tertiary/aromatic N) is 2. The van der Waals surface area contributed by atoms with Gasteiger partial charge in [0, 0.05) is 38.1 Å². The molecule has 2 N–H and O–H groups in total. The number of nitrogens with two attached hydrogens (primary N) is 1. The molecule has 4 nitrogen and oxygen atoms in total. The van der Waals surface area contributed by atoms with Crippen molar-refractivity contribution in [3.63, 3.8) is 0 Å². The van der Waals surface area contributed by atoms with E-state index in [1.165, 1.54) is 19.3 Å². The Kier molecular flexibility index (Phi) is 3.81. The van der Waals surface area contributed by atoms with Gasteiger partial charge in [0.25, 0.3) is 0 Å². The molecule has 108 valence electrons. The van der Waals surface area contributed by atoms with E-state index in [9.17, 15) is 4.79 Å². The van der Waals surface area contributed by atoms with Crippen LogP contribution in [0.15, 0.2) is 0 Å². The summed E-state index contributed by atoms with van der Waals surface area (Å²) in [5, 5.41) is 0. The van der Waals surface area contributed by atoms with E-state index in [-0.39, 0.29) is 0 Å². The fraction of sp³-hybridized carbons (Fsp3) is 0.933. The lowest BCUT2D eigenvalue weighted by molar-refractivity contribution is -0.131. The maximum Gasteiger partial charge on any atom is 0.222 e. The van der Waals surface area contributed by atoms with Crippen molar-refractivity contribution in [3.8, 4) is 0 Å². The van der Waals surface area contributed by atoms with Crippen LogP contribution in [0.1, 0.15) is 39.0 Å². The molecule has 19 heavy (non-hydrogen) atoms. The number of amides is 1. The quantitative estimate of drug-likeness (QED) is 0.812. The fourth-order valence-corrected chi connectivity index (χ4v) is 4.33. The molecule has 1 aliphatic carbocycles. The predicted octanol–water partition coefficient (Wildman–Crippen LogP) is 1.06. The van der Waals surface area contributed by atoms with Gasteiger partial charge in [-0.1, -0.05) is 13.3 Å². The van der Waals surface area contributed by atoms with E-state index < -0.39 is 0 Å². The third-order valence-corrected chi connectivity index (χ3v) is 5.52. The van der Waals surface area contributed by atoms with E-state index in [1.54, 1.807) is 0 Å². The standard InChI is InChI=1S/C15H27N3O/c1-11-2-3-12(9-16)14(8-11)17-6-7-18-13(10-17)4-5-15(18)19/h11-14H,2-10,16H2,1H3. The highest BCUT2D eigenvalue weighted by Gasteiger charge is 2.40. The molecule has 2 heterocycles. The fourth-order valence-electron chi connectivity index (χ4n) is 4.33. The lowest BCUT2D eigenvalue weighted by Crippen LogP contribution is -2.57. The largest absolute Gasteiger partial charge is 0.337 e. The van der Waals surface area contributed by atoms with Gasteiger partial charge in [-0.15, -0.1) is 0 Å². The van der Waals surface area contributed by atoms with E-state index in [0.717, 1.165) is 44.9 Å². The van der Waals surface area contributed by atoms with Gasteiger partial charge in [-0.25, -0.2) is 0 Å². The van der Waals surface area contributed by atoms with Gasteiger partial charge in [0.1, 0.15) is 0 Å². The Labute approximate surface area is 116 Å². The highest BCUT2D eigenvalue weighted by Crippen LogP contribution is 2.34. The molecule has 1 saturated carbocycles. The molecule has 0 aromatic heterocycles. The first-order chi connectivity index (χ1) is 9.19. The molecule has 0 radical (unpaired) electrons. The van der Waals surface area contributed by atoms with E-state index in [1.807, 2.05) is 0 Å². The smallest absolute Gasteiger partial charge is 0.222 e. The molecule has 4 atom stereocenters. The average molecular weight is 265 g/mol. The zero-order chi connectivity index (χ0) is 13.4. The Morgan fingerprint density at radius 1 is 1.26 bits per heavy atom. The molecule has 4 unspecified atom stereocenters. The van der Waals surface area contributed by atoms with Crippen LogP contribution in [0.4, 0.5) is 0 Å². The molecule has 2 saturated heterocycles. The number of rotatable bonds is 2. The van der Waals surface area contributed by atoms with Gasteiger partial charge in [0.2, 0.25) is 5.91 Å². The summed E-state index contributed by atoms with van der Waals surface area (Å²) in [5.74, 6) is 1.87. The maximum atomic E-state index is 11.8. The van der Waals surface area contributed by atoms with Gasteiger partial charge in [-0.05, 0) is 37.6 Å². The summed E-state index contributed by atoms with van der Waals surface area (Å²) >= 11 is 0. The van der Waals surface area contributed by atoms with E-state index in [4.69, 9.17) is 5.73 Å². The second-order valence-corrected chi connectivity index (χ2v) is 6.76. The highest BCUT2D eigenvalue weighted by molar-refractivity contribution is 5.78. The van der Waals surface area contributed by atoms with Crippen molar-refractivity contribution in [3.05, 3.63) is 0 Å². The molecule has 4 heteroatoms. The third-order valence-electron chi connectivity index (χ3n) is 5.52. The SMILES string of the molecule is CC1CCC(CN)C(N2CCN3C(=O)CCC3C2)C1. The minimum atomic E-state index is 0.372. The van der Waals surface area contributed by atoms with Gasteiger partial charge in [-0.2, -0.15) is 0 Å². The van der Waals surface area contributed by atoms with Crippen molar-refractivity contribution in [2.45, 2.75) is 51.1 Å². The van der Waals surface area contributed by atoms with Crippen LogP contribution in [0.25, 0.3) is 0 Å². The summed E-state index contributed by atoms with van der Waals surface area (Å²) in [6, 6.07) is 1.14. The molecule has 0 aromatic rings. The number of hydrogen-bond acceptors (Lipinski definition) is 3. The highest BCUT2D eigenvalue weighted by atomic mass is 16.2. The monoisotopic (exact) mass is 265 g/mol. The lowest BCUT2D eigenvalue weighted by atomic mass is 9.78. The van der Waals surface area contributed by atoms with Gasteiger partial charge < -0.3 is 10.6 Å². The minimum absolute atomic E-state index is 0.372. The van der Waals surface area contributed by atoms with Crippen molar-refractivity contribution in [2.24, 2.45) is 17.6 Å². The second-order valence-electron chi connectivity index (χ2n) is 6.76. The van der Waals surface area contributed by atoms with Gasteiger partial charge >= 0.3 is 0 Å². The molecule has 2 aliphatic heterocycles. The molecule has 0 spiro atoms. The average Bonchev–Trinajstić information content (AvgIpc) is 2.80. The predicted molar refractivity (Wildman–Crippen MR) is 75.7 cm³/mol. The zero-order valence-corrected chi connectivity index (χ0v) is 12.1. The van der Waals surface area contributed by atoms with E-state index in [0.29, 0.717) is 23.9 Å². The third kappa shape index (κ3) is 2.52. The van der Waals surface area contributed by atoms with Crippen molar-refractivity contribution in [2.75, 3.05) is 26.2 Å². The van der Waals surface area contributed by atoms with Crippen LogP contribution in [0.5, 0.6) is 0 Å². The molecule has 1 amide bonds. The first kappa shape index (κ1) is 13.4. The number of carbonyl (C=O) groups excluding carboxylic acids is 1. The summed E-state index contributed by atoms with van der Waals surface area (Å²) < 4.78 is 0. The summed E-state index contributed by atoms with van der Waals surface area (Å²) in [6.07, 6.45) is 5.74. The van der Waals surface area contributed by atoms with Gasteiger partial charge in [-0.3, -0.25) is 9.69 Å². The summed E-state index contributed by atoms with van der Waals surface area (Å²) in [5.41, 5.74) is 5.98. The Morgan fingerprint density at radius 2 is 2.11 bits per heavy atom. The Hall–Kier alpha value is -0.610. The van der Waals surface area contributed by atoms with Crippen molar-refractivity contribution in [1.82, 2.24) is 9.80 Å². The maximum absolute atomic E-state index is 11.8. The first-order valence-corrected chi connectivity index (χ1v) is 7.92. The summed E-state index contributed by atoms with van der Waals surface area (Å²) in [4.78, 5) is 16.5. The number of piperazine rings is 1. The van der Waals surface area contributed by atoms with E-state index in [2.05, 4.69) is 16.7 Å². The van der Waals surface area contributed by atoms with Crippen LogP contribution in [-0.2, 0) is 4.79 Å². The molecule has 0 bridgehead atoms. The van der Waals surface area contributed by atoms with Gasteiger partial charge in [0.05, 0.1) is 0 Å².